The van der Waals surface area contributed by atoms with E-state index in [1.807, 2.05) is 30.3 Å². The van der Waals surface area contributed by atoms with E-state index in [-0.39, 0.29) is 5.82 Å². The predicted molar refractivity (Wildman–Crippen MR) is 50.7 cm³/mol. The van der Waals surface area contributed by atoms with Gasteiger partial charge in [0.05, 0.1) is 0 Å². The van der Waals surface area contributed by atoms with Gasteiger partial charge in [-0.05, 0) is 17.7 Å². The van der Waals surface area contributed by atoms with Gasteiger partial charge >= 0.3 is 0 Å². The van der Waals surface area contributed by atoms with Gasteiger partial charge in [-0.15, -0.1) is 0 Å². The highest BCUT2D eigenvalue weighted by atomic mass is 19.1. The molecule has 0 saturated carbocycles. The molecule has 2 aromatic rings. The maximum atomic E-state index is 13.2. The first kappa shape index (κ1) is 7.99. The second kappa shape index (κ2) is 3.40. The van der Waals surface area contributed by atoms with E-state index in [9.17, 15) is 4.39 Å². The van der Waals surface area contributed by atoms with E-state index in [1.54, 1.807) is 12.1 Å². The first-order valence-corrected chi connectivity index (χ1v) is 4.09. The summed E-state index contributed by atoms with van der Waals surface area (Å²) in [7, 11) is 0. The Bertz CT molecular complexity index is 393. The molecule has 0 aliphatic rings. The van der Waals surface area contributed by atoms with Crippen molar-refractivity contribution in [2.45, 2.75) is 0 Å². The predicted octanol–water partition coefficient (Wildman–Crippen LogP) is 3.29. The lowest BCUT2D eigenvalue weighted by atomic mass is 10.1. The number of benzene rings is 2. The third-order valence-corrected chi connectivity index (χ3v) is 1.87. The van der Waals surface area contributed by atoms with Gasteiger partial charge < -0.3 is 0 Å². The quantitative estimate of drug-likeness (QED) is 0.617. The molecule has 0 aromatic heterocycles. The van der Waals surface area contributed by atoms with Gasteiger partial charge in [0.25, 0.3) is 0 Å². The van der Waals surface area contributed by atoms with E-state index in [2.05, 4.69) is 6.07 Å². The number of rotatable bonds is 1. The summed E-state index contributed by atoms with van der Waals surface area (Å²) >= 11 is 0. The minimum atomic E-state index is -0.228. The molecule has 0 saturated heterocycles. The smallest absolute Gasteiger partial charge is 0.131 e. The molecule has 0 nitrogen and oxygen atoms in total. The molecule has 0 atom stereocenters. The molecule has 0 fully saturated rings. The maximum absolute atomic E-state index is 13.2. The third-order valence-electron chi connectivity index (χ3n) is 1.87. The van der Waals surface area contributed by atoms with E-state index in [0.717, 1.165) is 5.56 Å². The summed E-state index contributed by atoms with van der Waals surface area (Å²) in [6, 6.07) is 17.1. The van der Waals surface area contributed by atoms with Crippen LogP contribution in [0.25, 0.3) is 11.1 Å². The fourth-order valence-corrected chi connectivity index (χ4v) is 1.24. The van der Waals surface area contributed by atoms with Crippen molar-refractivity contribution in [3.8, 4) is 11.1 Å². The van der Waals surface area contributed by atoms with Crippen LogP contribution in [0.15, 0.2) is 48.5 Å². The van der Waals surface area contributed by atoms with Crippen LogP contribution in [-0.4, -0.2) is 0 Å². The molecule has 0 aliphatic heterocycles. The van der Waals surface area contributed by atoms with Gasteiger partial charge in [-0.3, -0.25) is 0 Å². The Labute approximate surface area is 76.7 Å². The molecule has 0 unspecified atom stereocenters. The molecule has 1 heteroatoms. The lowest BCUT2D eigenvalue weighted by molar-refractivity contribution is 0.631. The summed E-state index contributed by atoms with van der Waals surface area (Å²) in [5.74, 6) is -0.228. The van der Waals surface area contributed by atoms with Crippen molar-refractivity contribution in [1.29, 1.82) is 0 Å². The first-order chi connectivity index (χ1) is 6.38. The molecule has 2 aromatic carbocycles. The standard InChI is InChI=1S/C12H8F/c13-12-9-5-4-8-11(12)10-6-2-1-3-7-10/h1-7,9H. The first-order valence-electron chi connectivity index (χ1n) is 4.09. The van der Waals surface area contributed by atoms with Crippen LogP contribution in [0.5, 0.6) is 0 Å². The van der Waals surface area contributed by atoms with E-state index in [1.165, 1.54) is 6.07 Å². The molecule has 0 N–H and O–H groups in total. The Kier molecular flexibility index (Phi) is 2.09. The summed E-state index contributed by atoms with van der Waals surface area (Å²) in [4.78, 5) is 0. The van der Waals surface area contributed by atoms with Crippen molar-refractivity contribution in [3.05, 3.63) is 60.4 Å². The van der Waals surface area contributed by atoms with Crippen molar-refractivity contribution >= 4 is 0 Å². The molecule has 0 spiro atoms. The second-order valence-electron chi connectivity index (χ2n) is 2.76. The lowest BCUT2D eigenvalue weighted by Crippen LogP contribution is -1.82. The van der Waals surface area contributed by atoms with Crippen LogP contribution in [0.1, 0.15) is 0 Å². The molecule has 63 valence electrons. The summed E-state index contributed by atoms with van der Waals surface area (Å²) < 4.78 is 13.2. The van der Waals surface area contributed by atoms with Gasteiger partial charge in [-0.2, -0.15) is 0 Å². The van der Waals surface area contributed by atoms with E-state index >= 15 is 0 Å². The fourth-order valence-electron chi connectivity index (χ4n) is 1.24. The van der Waals surface area contributed by atoms with Crippen molar-refractivity contribution in [1.82, 2.24) is 0 Å². The molecule has 2 rings (SSSR count). The highest BCUT2D eigenvalue weighted by Gasteiger charge is 2.01. The van der Waals surface area contributed by atoms with Crippen molar-refractivity contribution in [3.63, 3.8) is 0 Å². The largest absolute Gasteiger partial charge is 0.206 e. The molecular formula is C12H8F. The topological polar surface area (TPSA) is 0 Å². The van der Waals surface area contributed by atoms with Crippen molar-refractivity contribution in [2.75, 3.05) is 0 Å². The molecule has 0 amide bonds. The zero-order chi connectivity index (χ0) is 9.10. The van der Waals surface area contributed by atoms with E-state index < -0.39 is 0 Å². The normalized spacial score (nSPS) is 9.92. The summed E-state index contributed by atoms with van der Waals surface area (Å²) in [6.07, 6.45) is 0. The Hall–Kier alpha value is -1.63. The van der Waals surface area contributed by atoms with Gasteiger partial charge in [0.2, 0.25) is 0 Å². The second-order valence-corrected chi connectivity index (χ2v) is 2.76. The molecule has 0 aliphatic carbocycles. The van der Waals surface area contributed by atoms with Crippen LogP contribution in [0.4, 0.5) is 4.39 Å². The lowest BCUT2D eigenvalue weighted by Gasteiger charge is -2.00. The molecular weight excluding hydrogens is 163 g/mol. The Morgan fingerprint density at radius 3 is 2.38 bits per heavy atom. The fraction of sp³-hybridized carbons (Fsp3) is 0. The van der Waals surface area contributed by atoms with Crippen LogP contribution in [-0.2, 0) is 0 Å². The molecule has 13 heavy (non-hydrogen) atoms. The summed E-state index contributed by atoms with van der Waals surface area (Å²) in [6.45, 7) is 0. The third kappa shape index (κ3) is 1.59. The average Bonchev–Trinajstić information content (AvgIpc) is 2.20. The molecule has 1 radical (unpaired) electrons. The van der Waals surface area contributed by atoms with Crippen LogP contribution in [0.3, 0.4) is 0 Å². The van der Waals surface area contributed by atoms with Crippen LogP contribution < -0.4 is 0 Å². The molecule has 0 heterocycles. The van der Waals surface area contributed by atoms with E-state index in [4.69, 9.17) is 0 Å². The van der Waals surface area contributed by atoms with E-state index in [0.29, 0.717) is 5.56 Å². The minimum absolute atomic E-state index is 0.228. The average molecular weight is 171 g/mol. The van der Waals surface area contributed by atoms with Crippen LogP contribution in [0, 0.1) is 11.9 Å². The highest BCUT2D eigenvalue weighted by molar-refractivity contribution is 5.62. The van der Waals surface area contributed by atoms with Crippen LogP contribution in [0.2, 0.25) is 0 Å². The summed E-state index contributed by atoms with van der Waals surface area (Å²) in [5, 5.41) is 0. The summed E-state index contributed by atoms with van der Waals surface area (Å²) in [5.41, 5.74) is 1.39. The minimum Gasteiger partial charge on any atom is -0.206 e. The van der Waals surface area contributed by atoms with Gasteiger partial charge in [0.1, 0.15) is 5.82 Å². The van der Waals surface area contributed by atoms with Gasteiger partial charge in [0.15, 0.2) is 0 Å². The van der Waals surface area contributed by atoms with Gasteiger partial charge in [0, 0.05) is 5.56 Å². The maximum Gasteiger partial charge on any atom is 0.131 e. The highest BCUT2D eigenvalue weighted by Crippen LogP contribution is 2.20. The Balaban J connectivity index is 2.54. The van der Waals surface area contributed by atoms with Gasteiger partial charge in [-0.1, -0.05) is 42.5 Å². The number of hydrogen-bond donors (Lipinski definition) is 0. The Morgan fingerprint density at radius 1 is 0.923 bits per heavy atom. The van der Waals surface area contributed by atoms with Crippen molar-refractivity contribution < 1.29 is 4.39 Å². The van der Waals surface area contributed by atoms with Crippen molar-refractivity contribution in [2.24, 2.45) is 0 Å². The zero-order valence-electron chi connectivity index (χ0n) is 7.00. The molecule has 0 bridgehead atoms. The van der Waals surface area contributed by atoms with Gasteiger partial charge in [-0.25, -0.2) is 4.39 Å². The van der Waals surface area contributed by atoms with Crippen LogP contribution >= 0.6 is 0 Å². The number of halogens is 1. The Morgan fingerprint density at radius 2 is 1.69 bits per heavy atom. The monoisotopic (exact) mass is 171 g/mol. The zero-order valence-corrected chi connectivity index (χ0v) is 7.00. The SMILES string of the molecule is Fc1ccc[c]c1-c1ccccc1. The number of hydrogen-bond acceptors (Lipinski definition) is 0.